The van der Waals surface area contributed by atoms with Gasteiger partial charge < -0.3 is 5.32 Å². The molecule has 0 fully saturated rings. The summed E-state index contributed by atoms with van der Waals surface area (Å²) in [6.45, 7) is 0.392. The first-order valence-electron chi connectivity index (χ1n) is 7.21. The van der Waals surface area contributed by atoms with Crippen molar-refractivity contribution in [3.8, 4) is 5.69 Å². The second-order valence-corrected chi connectivity index (χ2v) is 6.22. The van der Waals surface area contributed by atoms with Gasteiger partial charge in [-0.3, -0.25) is 4.79 Å². The molecule has 1 heterocycles. The lowest BCUT2D eigenvalue weighted by Gasteiger charge is -2.07. The monoisotopic (exact) mass is 359 g/mol. The summed E-state index contributed by atoms with van der Waals surface area (Å²) in [5.74, 6) is 0.111. The zero-order valence-electron chi connectivity index (χ0n) is 12.6. The minimum absolute atomic E-state index is 0.109. The minimum Gasteiger partial charge on any atom is -0.351 e. The highest BCUT2D eigenvalue weighted by molar-refractivity contribution is 7.99. The molecule has 1 aromatic heterocycles. The largest absolute Gasteiger partial charge is 0.351 e. The minimum atomic E-state index is -0.109. The molecule has 0 aliphatic carbocycles. The number of nitrogens with zero attached hydrogens (tertiary/aromatic N) is 4. The molecule has 0 aliphatic rings. The van der Waals surface area contributed by atoms with Gasteiger partial charge in [0, 0.05) is 11.6 Å². The molecule has 24 heavy (non-hydrogen) atoms. The molecule has 0 radical (unpaired) electrons. The van der Waals surface area contributed by atoms with E-state index in [0.717, 1.165) is 11.3 Å². The molecular formula is C16H14ClN5OS. The topological polar surface area (TPSA) is 72.7 Å². The molecule has 0 bridgehead atoms. The number of aromatic nitrogens is 4. The van der Waals surface area contributed by atoms with Gasteiger partial charge in [0.15, 0.2) is 0 Å². The zero-order valence-corrected chi connectivity index (χ0v) is 14.2. The summed E-state index contributed by atoms with van der Waals surface area (Å²) in [4.78, 5) is 12.0. The highest BCUT2D eigenvalue weighted by Gasteiger charge is 2.11. The number of amides is 1. The van der Waals surface area contributed by atoms with Crippen LogP contribution in [0.15, 0.2) is 59.8 Å². The molecule has 1 N–H and O–H groups in total. The Morgan fingerprint density at radius 1 is 1.12 bits per heavy atom. The molecule has 2 aromatic carbocycles. The Labute approximate surface area is 148 Å². The SMILES string of the molecule is O=C(CSc1nnnn1-c1ccccc1)NCc1ccccc1Cl. The number of hydrogen-bond acceptors (Lipinski definition) is 5. The summed E-state index contributed by atoms with van der Waals surface area (Å²) in [6, 6.07) is 16.9. The Morgan fingerprint density at radius 3 is 2.67 bits per heavy atom. The van der Waals surface area contributed by atoms with Gasteiger partial charge in [-0.2, -0.15) is 4.68 Å². The van der Waals surface area contributed by atoms with E-state index in [4.69, 9.17) is 11.6 Å². The number of carbonyl (C=O) groups is 1. The summed E-state index contributed by atoms with van der Waals surface area (Å²) >= 11 is 7.35. The Bertz CT molecular complexity index is 824. The Kier molecular flexibility index (Phi) is 5.45. The molecule has 6 nitrogen and oxygen atoms in total. The van der Waals surface area contributed by atoms with Crippen molar-refractivity contribution in [1.82, 2.24) is 25.5 Å². The third kappa shape index (κ3) is 4.12. The van der Waals surface area contributed by atoms with Crippen molar-refractivity contribution in [3.05, 3.63) is 65.2 Å². The predicted octanol–water partition coefficient (Wildman–Crippen LogP) is 2.72. The molecule has 0 aliphatic heterocycles. The molecule has 3 aromatic rings. The Hall–Kier alpha value is -2.38. The maximum Gasteiger partial charge on any atom is 0.230 e. The molecule has 0 atom stereocenters. The van der Waals surface area contributed by atoms with Crippen LogP contribution in [-0.2, 0) is 11.3 Å². The van der Waals surface area contributed by atoms with Crippen molar-refractivity contribution in [3.63, 3.8) is 0 Å². The van der Waals surface area contributed by atoms with Gasteiger partial charge in [-0.05, 0) is 34.2 Å². The van der Waals surface area contributed by atoms with Crippen LogP contribution in [0.3, 0.4) is 0 Å². The van der Waals surface area contributed by atoms with Gasteiger partial charge >= 0.3 is 0 Å². The van der Waals surface area contributed by atoms with E-state index in [1.165, 1.54) is 11.8 Å². The van der Waals surface area contributed by atoms with Gasteiger partial charge in [-0.15, -0.1) is 5.10 Å². The molecule has 122 valence electrons. The quantitative estimate of drug-likeness (QED) is 0.685. The number of halogens is 1. The third-order valence-electron chi connectivity index (χ3n) is 3.21. The van der Waals surface area contributed by atoms with Crippen LogP contribution in [0.4, 0.5) is 0 Å². The van der Waals surface area contributed by atoms with Crippen molar-refractivity contribution in [2.45, 2.75) is 11.7 Å². The highest BCUT2D eigenvalue weighted by Crippen LogP contribution is 2.18. The first-order valence-corrected chi connectivity index (χ1v) is 8.57. The molecule has 3 rings (SSSR count). The molecular weight excluding hydrogens is 346 g/mol. The smallest absolute Gasteiger partial charge is 0.230 e. The Morgan fingerprint density at radius 2 is 1.88 bits per heavy atom. The summed E-state index contributed by atoms with van der Waals surface area (Å²) in [5.41, 5.74) is 1.73. The van der Waals surface area contributed by atoms with E-state index >= 15 is 0 Å². The van der Waals surface area contributed by atoms with E-state index < -0.39 is 0 Å². The summed E-state index contributed by atoms with van der Waals surface area (Å²) in [6.07, 6.45) is 0. The Balaban J connectivity index is 1.56. The average molecular weight is 360 g/mol. The van der Waals surface area contributed by atoms with Crippen molar-refractivity contribution in [2.75, 3.05) is 5.75 Å². The number of tetrazole rings is 1. The van der Waals surface area contributed by atoms with Crippen LogP contribution in [0.25, 0.3) is 5.69 Å². The maximum absolute atomic E-state index is 12.0. The normalized spacial score (nSPS) is 10.5. The molecule has 0 spiro atoms. The van der Waals surface area contributed by atoms with Crippen LogP contribution < -0.4 is 5.32 Å². The first-order chi connectivity index (χ1) is 11.7. The van der Waals surface area contributed by atoms with Crippen molar-refractivity contribution in [2.24, 2.45) is 0 Å². The summed E-state index contributed by atoms with van der Waals surface area (Å²) < 4.78 is 1.60. The van der Waals surface area contributed by atoms with Gasteiger partial charge in [0.25, 0.3) is 0 Å². The van der Waals surface area contributed by atoms with Crippen molar-refractivity contribution < 1.29 is 4.79 Å². The van der Waals surface area contributed by atoms with Crippen LogP contribution in [0.1, 0.15) is 5.56 Å². The van der Waals surface area contributed by atoms with Crippen LogP contribution in [-0.4, -0.2) is 31.9 Å². The standard InChI is InChI=1S/C16H14ClN5OS/c17-14-9-5-4-6-12(14)10-18-15(23)11-24-16-19-20-21-22(16)13-7-2-1-3-8-13/h1-9H,10-11H2,(H,18,23). The van der Waals surface area contributed by atoms with E-state index in [2.05, 4.69) is 20.8 Å². The number of rotatable bonds is 6. The van der Waals surface area contributed by atoms with Gasteiger partial charge in [-0.1, -0.05) is 59.8 Å². The summed E-state index contributed by atoms with van der Waals surface area (Å²) in [7, 11) is 0. The maximum atomic E-state index is 12.0. The van der Waals surface area contributed by atoms with E-state index in [1.807, 2.05) is 48.5 Å². The molecule has 0 saturated carbocycles. The number of thioether (sulfide) groups is 1. The third-order valence-corrected chi connectivity index (χ3v) is 4.50. The second-order valence-electron chi connectivity index (χ2n) is 4.87. The number of nitrogens with one attached hydrogen (secondary N) is 1. The van der Waals surface area contributed by atoms with Gasteiger partial charge in [0.1, 0.15) is 0 Å². The summed E-state index contributed by atoms with van der Waals surface area (Å²) in [5, 5.41) is 15.6. The molecule has 0 saturated heterocycles. The van der Waals surface area contributed by atoms with Crippen LogP contribution in [0.5, 0.6) is 0 Å². The lowest BCUT2D eigenvalue weighted by molar-refractivity contribution is -0.118. The average Bonchev–Trinajstić information content (AvgIpc) is 3.08. The lowest BCUT2D eigenvalue weighted by atomic mass is 10.2. The zero-order chi connectivity index (χ0) is 16.8. The van der Waals surface area contributed by atoms with Gasteiger partial charge in [0.05, 0.1) is 11.4 Å². The van der Waals surface area contributed by atoms with E-state index in [0.29, 0.717) is 16.7 Å². The van der Waals surface area contributed by atoms with E-state index in [1.54, 1.807) is 10.7 Å². The molecule has 8 heteroatoms. The van der Waals surface area contributed by atoms with Crippen LogP contribution >= 0.6 is 23.4 Å². The first kappa shape index (κ1) is 16.5. The number of para-hydroxylation sites is 1. The number of carbonyl (C=O) groups excluding carboxylic acids is 1. The van der Waals surface area contributed by atoms with E-state index in [9.17, 15) is 4.79 Å². The fourth-order valence-corrected chi connectivity index (χ4v) is 2.94. The lowest BCUT2D eigenvalue weighted by Crippen LogP contribution is -2.24. The van der Waals surface area contributed by atoms with Crippen molar-refractivity contribution in [1.29, 1.82) is 0 Å². The van der Waals surface area contributed by atoms with Crippen LogP contribution in [0.2, 0.25) is 5.02 Å². The van der Waals surface area contributed by atoms with E-state index in [-0.39, 0.29) is 11.7 Å². The van der Waals surface area contributed by atoms with Crippen LogP contribution in [0, 0.1) is 0 Å². The molecule has 0 unspecified atom stereocenters. The predicted molar refractivity (Wildman–Crippen MR) is 93.2 cm³/mol. The van der Waals surface area contributed by atoms with Crippen molar-refractivity contribution >= 4 is 29.3 Å². The number of hydrogen-bond donors (Lipinski definition) is 1. The fraction of sp³-hybridized carbons (Fsp3) is 0.125. The highest BCUT2D eigenvalue weighted by atomic mass is 35.5. The van der Waals surface area contributed by atoms with Gasteiger partial charge in [0.2, 0.25) is 11.1 Å². The fourth-order valence-electron chi connectivity index (χ4n) is 2.02. The van der Waals surface area contributed by atoms with Gasteiger partial charge in [-0.25, -0.2) is 0 Å². The number of benzene rings is 2. The molecule has 1 amide bonds. The second kappa shape index (κ2) is 7.94.